The molecule has 0 saturated carbocycles. The summed E-state index contributed by atoms with van der Waals surface area (Å²) in [6, 6.07) is 10.2. The summed E-state index contributed by atoms with van der Waals surface area (Å²) in [6.45, 7) is 3.47. The number of anilines is 2. The van der Waals surface area contributed by atoms with Crippen LogP contribution in [0.25, 0.3) is 0 Å². The van der Waals surface area contributed by atoms with E-state index >= 15 is 0 Å². The van der Waals surface area contributed by atoms with Gasteiger partial charge in [-0.25, -0.2) is 13.2 Å². The first-order valence-corrected chi connectivity index (χ1v) is 11.1. The van der Waals surface area contributed by atoms with E-state index in [4.69, 9.17) is 11.6 Å². The fourth-order valence-corrected chi connectivity index (χ4v) is 4.13. The van der Waals surface area contributed by atoms with Crippen molar-refractivity contribution in [2.24, 2.45) is 0 Å². The summed E-state index contributed by atoms with van der Waals surface area (Å²) in [5.41, 5.74) is 1.81. The first-order chi connectivity index (χ1) is 13.6. The Morgan fingerprint density at radius 1 is 1.17 bits per heavy atom. The SMILES string of the molecule is CCc1ccc(N([C@H](C)C(=O)Nc2cc(C(=O)OC)ccc2Cl)S(C)(=O)=O)cc1. The van der Waals surface area contributed by atoms with E-state index in [2.05, 4.69) is 10.1 Å². The minimum absolute atomic E-state index is 0.182. The molecule has 0 aromatic heterocycles. The molecule has 0 heterocycles. The van der Waals surface area contributed by atoms with Crippen LogP contribution < -0.4 is 9.62 Å². The average Bonchev–Trinajstić information content (AvgIpc) is 2.68. The molecule has 0 radical (unpaired) electrons. The number of sulfonamides is 1. The molecule has 0 aliphatic rings. The molecule has 0 aliphatic heterocycles. The number of hydrogen-bond donors (Lipinski definition) is 1. The molecule has 0 unspecified atom stereocenters. The van der Waals surface area contributed by atoms with E-state index < -0.39 is 27.9 Å². The van der Waals surface area contributed by atoms with Gasteiger partial charge in [-0.3, -0.25) is 9.10 Å². The van der Waals surface area contributed by atoms with Crippen molar-refractivity contribution in [3.05, 3.63) is 58.6 Å². The summed E-state index contributed by atoms with van der Waals surface area (Å²) in [5.74, 6) is -1.18. The molecule has 1 N–H and O–H groups in total. The largest absolute Gasteiger partial charge is 0.465 e. The lowest BCUT2D eigenvalue weighted by Crippen LogP contribution is -2.45. The number of carbonyl (C=O) groups excluding carboxylic acids is 2. The van der Waals surface area contributed by atoms with Crippen molar-refractivity contribution < 1.29 is 22.7 Å². The number of nitrogens with one attached hydrogen (secondary N) is 1. The molecule has 1 amide bonds. The third-order valence-electron chi connectivity index (χ3n) is 4.33. The number of benzene rings is 2. The number of methoxy groups -OCH3 is 1. The Balaban J connectivity index is 2.33. The highest BCUT2D eigenvalue weighted by molar-refractivity contribution is 7.92. The summed E-state index contributed by atoms with van der Waals surface area (Å²) in [5, 5.41) is 2.79. The maximum atomic E-state index is 12.8. The third-order valence-corrected chi connectivity index (χ3v) is 5.90. The maximum absolute atomic E-state index is 12.8. The molecule has 0 saturated heterocycles. The normalized spacial score (nSPS) is 12.2. The van der Waals surface area contributed by atoms with Gasteiger partial charge in [0, 0.05) is 0 Å². The second-order valence-electron chi connectivity index (χ2n) is 6.43. The van der Waals surface area contributed by atoms with Crippen LogP contribution in [0.2, 0.25) is 5.02 Å². The molecule has 2 rings (SSSR count). The summed E-state index contributed by atoms with van der Waals surface area (Å²) < 4.78 is 30.5. The summed E-state index contributed by atoms with van der Waals surface area (Å²) in [4.78, 5) is 24.5. The second-order valence-corrected chi connectivity index (χ2v) is 8.70. The highest BCUT2D eigenvalue weighted by Gasteiger charge is 2.29. The van der Waals surface area contributed by atoms with E-state index in [0.29, 0.717) is 5.69 Å². The minimum Gasteiger partial charge on any atom is -0.465 e. The lowest BCUT2D eigenvalue weighted by molar-refractivity contribution is -0.116. The number of ether oxygens (including phenoxy) is 1. The number of aryl methyl sites for hydroxylation is 1. The van der Waals surface area contributed by atoms with Crippen molar-refractivity contribution in [3.8, 4) is 0 Å². The van der Waals surface area contributed by atoms with E-state index in [1.54, 1.807) is 12.1 Å². The van der Waals surface area contributed by atoms with E-state index in [9.17, 15) is 18.0 Å². The van der Waals surface area contributed by atoms with Crippen LogP contribution in [0.1, 0.15) is 29.8 Å². The number of halogens is 1. The smallest absolute Gasteiger partial charge is 0.337 e. The molecule has 0 fully saturated rings. The van der Waals surface area contributed by atoms with Crippen LogP contribution in [-0.2, 0) is 26.0 Å². The molecule has 2 aromatic rings. The van der Waals surface area contributed by atoms with Crippen molar-refractivity contribution in [2.75, 3.05) is 23.0 Å². The highest BCUT2D eigenvalue weighted by atomic mass is 35.5. The molecule has 0 spiro atoms. The van der Waals surface area contributed by atoms with Crippen molar-refractivity contribution in [3.63, 3.8) is 0 Å². The van der Waals surface area contributed by atoms with Gasteiger partial charge in [-0.05, 0) is 49.2 Å². The van der Waals surface area contributed by atoms with Crippen LogP contribution in [0.15, 0.2) is 42.5 Å². The Kier molecular flexibility index (Phi) is 7.26. The van der Waals surface area contributed by atoms with Gasteiger partial charge in [0.2, 0.25) is 15.9 Å². The number of esters is 1. The van der Waals surface area contributed by atoms with Crippen LogP contribution >= 0.6 is 11.6 Å². The number of nitrogens with zero attached hydrogens (tertiary/aromatic N) is 1. The second kappa shape index (κ2) is 9.28. The lowest BCUT2D eigenvalue weighted by atomic mass is 10.1. The molecule has 29 heavy (non-hydrogen) atoms. The Morgan fingerprint density at radius 2 is 1.79 bits per heavy atom. The number of rotatable bonds is 7. The molecule has 0 bridgehead atoms. The van der Waals surface area contributed by atoms with Crippen LogP contribution in [0.4, 0.5) is 11.4 Å². The van der Waals surface area contributed by atoms with E-state index in [0.717, 1.165) is 22.5 Å². The number of carbonyl (C=O) groups is 2. The Labute approximate surface area is 175 Å². The van der Waals surface area contributed by atoms with Crippen molar-refractivity contribution in [1.82, 2.24) is 0 Å². The minimum atomic E-state index is -3.74. The maximum Gasteiger partial charge on any atom is 0.337 e. The fraction of sp³-hybridized carbons (Fsp3) is 0.300. The molecular formula is C20H23ClN2O5S. The molecule has 0 aliphatic carbocycles. The number of amides is 1. The zero-order chi connectivity index (χ0) is 21.8. The topological polar surface area (TPSA) is 92.8 Å². The fourth-order valence-electron chi connectivity index (χ4n) is 2.79. The van der Waals surface area contributed by atoms with Gasteiger partial charge in [-0.15, -0.1) is 0 Å². The van der Waals surface area contributed by atoms with Gasteiger partial charge in [0.05, 0.1) is 35.3 Å². The number of hydrogen-bond acceptors (Lipinski definition) is 5. The Morgan fingerprint density at radius 3 is 2.31 bits per heavy atom. The summed E-state index contributed by atoms with van der Waals surface area (Å²) in [6.07, 6.45) is 1.85. The van der Waals surface area contributed by atoms with Gasteiger partial charge in [-0.2, -0.15) is 0 Å². The predicted octanol–water partition coefficient (Wildman–Crippen LogP) is 3.48. The van der Waals surface area contributed by atoms with E-state index in [-0.39, 0.29) is 16.3 Å². The van der Waals surface area contributed by atoms with Gasteiger partial charge in [-0.1, -0.05) is 30.7 Å². The Hall–Kier alpha value is -2.58. The van der Waals surface area contributed by atoms with Crippen LogP contribution in [-0.4, -0.2) is 39.7 Å². The summed E-state index contributed by atoms with van der Waals surface area (Å²) in [7, 11) is -2.50. The highest BCUT2D eigenvalue weighted by Crippen LogP contribution is 2.26. The van der Waals surface area contributed by atoms with E-state index in [1.165, 1.54) is 32.2 Å². The Bertz CT molecular complexity index is 1010. The molecule has 156 valence electrons. The first kappa shape index (κ1) is 22.7. The molecule has 7 nitrogen and oxygen atoms in total. The van der Waals surface area contributed by atoms with Gasteiger partial charge >= 0.3 is 5.97 Å². The van der Waals surface area contributed by atoms with Gasteiger partial charge < -0.3 is 10.1 Å². The monoisotopic (exact) mass is 438 g/mol. The predicted molar refractivity (Wildman–Crippen MR) is 114 cm³/mol. The molecule has 9 heteroatoms. The lowest BCUT2D eigenvalue weighted by Gasteiger charge is -2.28. The standard InChI is InChI=1S/C20H23ClN2O5S/c1-5-14-6-9-16(10-7-14)23(29(4,26)27)13(2)19(24)22-18-12-15(20(25)28-3)8-11-17(18)21/h6-13H,5H2,1-4H3,(H,22,24)/t13-/m1/s1. The zero-order valence-corrected chi connectivity index (χ0v) is 18.2. The quantitative estimate of drug-likeness (QED) is 0.668. The average molecular weight is 439 g/mol. The van der Waals surface area contributed by atoms with Crippen LogP contribution in [0, 0.1) is 0 Å². The summed E-state index contributed by atoms with van der Waals surface area (Å²) >= 11 is 6.11. The molecule has 2 aromatic carbocycles. The third kappa shape index (κ3) is 5.48. The van der Waals surface area contributed by atoms with Crippen LogP contribution in [0.5, 0.6) is 0 Å². The van der Waals surface area contributed by atoms with Crippen LogP contribution in [0.3, 0.4) is 0 Å². The molecular weight excluding hydrogens is 416 g/mol. The van der Waals surface area contributed by atoms with Gasteiger partial charge in [0.1, 0.15) is 6.04 Å². The van der Waals surface area contributed by atoms with Gasteiger partial charge in [0.25, 0.3) is 0 Å². The van der Waals surface area contributed by atoms with Crippen molar-refractivity contribution in [1.29, 1.82) is 0 Å². The van der Waals surface area contributed by atoms with Crippen molar-refractivity contribution >= 4 is 44.9 Å². The molecule has 1 atom stereocenters. The van der Waals surface area contributed by atoms with Gasteiger partial charge in [0.15, 0.2) is 0 Å². The van der Waals surface area contributed by atoms with E-state index in [1.807, 2.05) is 19.1 Å². The van der Waals surface area contributed by atoms with Crippen molar-refractivity contribution in [2.45, 2.75) is 26.3 Å². The first-order valence-electron chi connectivity index (χ1n) is 8.85. The zero-order valence-electron chi connectivity index (χ0n) is 16.6.